The number of hydrogen-bond acceptors (Lipinski definition) is 2. The lowest BCUT2D eigenvalue weighted by atomic mass is 10.2. The van der Waals surface area contributed by atoms with Crippen LogP contribution >= 0.6 is 0 Å². The first-order valence-corrected chi connectivity index (χ1v) is 5.42. The van der Waals surface area contributed by atoms with Gasteiger partial charge in [-0.05, 0) is 30.7 Å². The van der Waals surface area contributed by atoms with Crippen molar-refractivity contribution in [3.63, 3.8) is 0 Å². The minimum atomic E-state index is -0.0372. The van der Waals surface area contributed by atoms with Crippen LogP contribution in [0.2, 0.25) is 0 Å². The number of nitrogens with zero attached hydrogens (tertiary/aromatic N) is 1. The predicted octanol–water partition coefficient (Wildman–Crippen LogP) is 2.32. The topological polar surface area (TPSA) is 46.3 Å². The summed E-state index contributed by atoms with van der Waals surface area (Å²) in [7, 11) is 1.75. The summed E-state index contributed by atoms with van der Waals surface area (Å²) in [5.41, 5.74) is 8.21. The van der Waals surface area contributed by atoms with E-state index in [1.165, 1.54) is 0 Å². The first kappa shape index (κ1) is 13.0. The molecule has 0 aliphatic heterocycles. The van der Waals surface area contributed by atoms with Crippen LogP contribution in [0.15, 0.2) is 42.5 Å². The van der Waals surface area contributed by atoms with Crippen LogP contribution in [0.4, 0.5) is 5.69 Å². The number of likely N-dealkylation sites (N-methyl/N-ethyl adjacent to an activating group) is 1. The molecule has 1 amide bonds. The minimum Gasteiger partial charge on any atom is -0.399 e. The van der Waals surface area contributed by atoms with Gasteiger partial charge in [0.25, 0.3) is 0 Å². The van der Waals surface area contributed by atoms with Crippen LogP contribution in [0.25, 0.3) is 6.08 Å². The van der Waals surface area contributed by atoms with E-state index in [4.69, 9.17) is 5.73 Å². The Bertz CT molecular complexity index is 432. The van der Waals surface area contributed by atoms with Gasteiger partial charge in [-0.25, -0.2) is 0 Å². The standard InChI is InChI=1S/C14H18N2O/c1-11(2)10-16(3)14(17)9-6-12-4-7-13(15)8-5-12/h4-9H,1,10,15H2,2-3H3/b9-6+. The summed E-state index contributed by atoms with van der Waals surface area (Å²) in [4.78, 5) is 13.3. The fourth-order valence-electron chi connectivity index (χ4n) is 1.38. The molecule has 3 heteroatoms. The number of anilines is 1. The van der Waals surface area contributed by atoms with Gasteiger partial charge in [0.2, 0.25) is 5.91 Å². The lowest BCUT2D eigenvalue weighted by Gasteiger charge is -2.14. The van der Waals surface area contributed by atoms with E-state index in [0.717, 1.165) is 11.1 Å². The van der Waals surface area contributed by atoms with Crippen molar-refractivity contribution in [1.29, 1.82) is 0 Å². The van der Waals surface area contributed by atoms with Gasteiger partial charge in [-0.1, -0.05) is 24.3 Å². The fourth-order valence-corrected chi connectivity index (χ4v) is 1.38. The first-order valence-electron chi connectivity index (χ1n) is 5.42. The highest BCUT2D eigenvalue weighted by Crippen LogP contribution is 2.07. The maximum absolute atomic E-state index is 11.7. The highest BCUT2D eigenvalue weighted by molar-refractivity contribution is 5.91. The monoisotopic (exact) mass is 230 g/mol. The van der Waals surface area contributed by atoms with Crippen LogP contribution in [-0.2, 0) is 4.79 Å². The van der Waals surface area contributed by atoms with E-state index >= 15 is 0 Å². The number of amides is 1. The molecule has 0 saturated carbocycles. The Morgan fingerprint density at radius 3 is 2.53 bits per heavy atom. The zero-order chi connectivity index (χ0) is 12.8. The molecule has 1 rings (SSSR count). The summed E-state index contributed by atoms with van der Waals surface area (Å²) in [6, 6.07) is 7.36. The summed E-state index contributed by atoms with van der Waals surface area (Å²) in [5.74, 6) is -0.0372. The number of nitrogens with two attached hydrogens (primary N) is 1. The van der Waals surface area contributed by atoms with Gasteiger partial charge in [0.1, 0.15) is 0 Å². The van der Waals surface area contributed by atoms with Crippen LogP contribution in [0.5, 0.6) is 0 Å². The van der Waals surface area contributed by atoms with Gasteiger partial charge in [0.05, 0.1) is 0 Å². The van der Waals surface area contributed by atoms with Crippen LogP contribution in [0.3, 0.4) is 0 Å². The number of hydrogen-bond donors (Lipinski definition) is 1. The number of benzene rings is 1. The lowest BCUT2D eigenvalue weighted by molar-refractivity contribution is -0.124. The smallest absolute Gasteiger partial charge is 0.246 e. The maximum Gasteiger partial charge on any atom is 0.246 e. The average Bonchev–Trinajstić information content (AvgIpc) is 2.27. The highest BCUT2D eigenvalue weighted by Gasteiger charge is 2.03. The molecule has 0 aliphatic rings. The molecular weight excluding hydrogens is 212 g/mol. The Hall–Kier alpha value is -2.03. The second kappa shape index (κ2) is 5.89. The van der Waals surface area contributed by atoms with Crippen molar-refractivity contribution >= 4 is 17.7 Å². The second-order valence-corrected chi connectivity index (χ2v) is 4.15. The van der Waals surface area contributed by atoms with Crippen LogP contribution in [0, 0.1) is 0 Å². The molecule has 2 N–H and O–H groups in total. The molecule has 1 aromatic rings. The molecule has 0 bridgehead atoms. The molecule has 0 unspecified atom stereocenters. The van der Waals surface area contributed by atoms with Crippen molar-refractivity contribution in [1.82, 2.24) is 4.90 Å². The third-order valence-electron chi connectivity index (χ3n) is 2.24. The first-order chi connectivity index (χ1) is 7.99. The molecule has 0 aliphatic carbocycles. The minimum absolute atomic E-state index is 0.0372. The predicted molar refractivity (Wildman–Crippen MR) is 72.3 cm³/mol. The number of carbonyl (C=O) groups is 1. The third kappa shape index (κ3) is 4.55. The quantitative estimate of drug-likeness (QED) is 0.490. The van der Waals surface area contributed by atoms with Crippen molar-refractivity contribution in [2.24, 2.45) is 0 Å². The summed E-state index contributed by atoms with van der Waals surface area (Å²) in [6.45, 7) is 6.24. The SMILES string of the molecule is C=C(C)CN(C)C(=O)/C=C/c1ccc(N)cc1. The highest BCUT2D eigenvalue weighted by atomic mass is 16.2. The van der Waals surface area contributed by atoms with Crippen molar-refractivity contribution in [2.75, 3.05) is 19.3 Å². The van der Waals surface area contributed by atoms with E-state index in [2.05, 4.69) is 6.58 Å². The molecule has 0 spiro atoms. The Labute approximate surface area is 102 Å². The lowest BCUT2D eigenvalue weighted by Crippen LogP contribution is -2.26. The van der Waals surface area contributed by atoms with E-state index in [1.54, 1.807) is 24.1 Å². The van der Waals surface area contributed by atoms with E-state index < -0.39 is 0 Å². The van der Waals surface area contributed by atoms with E-state index in [9.17, 15) is 4.79 Å². The molecule has 0 radical (unpaired) electrons. The Kier molecular flexibility index (Phi) is 4.52. The van der Waals surface area contributed by atoms with Gasteiger partial charge >= 0.3 is 0 Å². The molecule has 17 heavy (non-hydrogen) atoms. The number of rotatable bonds is 4. The zero-order valence-electron chi connectivity index (χ0n) is 10.3. The fraction of sp³-hybridized carbons (Fsp3) is 0.214. The molecule has 3 nitrogen and oxygen atoms in total. The Balaban J connectivity index is 2.61. The molecule has 0 aromatic heterocycles. The average molecular weight is 230 g/mol. The van der Waals surface area contributed by atoms with Crippen LogP contribution < -0.4 is 5.73 Å². The van der Waals surface area contributed by atoms with E-state index in [1.807, 2.05) is 31.2 Å². The zero-order valence-corrected chi connectivity index (χ0v) is 10.3. The van der Waals surface area contributed by atoms with Crippen molar-refractivity contribution in [2.45, 2.75) is 6.92 Å². The molecule has 0 atom stereocenters. The van der Waals surface area contributed by atoms with Gasteiger partial charge < -0.3 is 10.6 Å². The van der Waals surface area contributed by atoms with Crippen LogP contribution in [-0.4, -0.2) is 24.4 Å². The third-order valence-corrected chi connectivity index (χ3v) is 2.24. The summed E-state index contributed by atoms with van der Waals surface area (Å²) < 4.78 is 0. The van der Waals surface area contributed by atoms with Gasteiger partial charge in [-0.2, -0.15) is 0 Å². The van der Waals surface area contributed by atoms with Gasteiger partial charge in [-0.15, -0.1) is 0 Å². The van der Waals surface area contributed by atoms with Crippen LogP contribution in [0.1, 0.15) is 12.5 Å². The molecular formula is C14H18N2O. The van der Waals surface area contributed by atoms with Crippen molar-refractivity contribution < 1.29 is 4.79 Å². The molecule has 0 saturated heterocycles. The molecule has 0 heterocycles. The Morgan fingerprint density at radius 2 is 2.00 bits per heavy atom. The number of nitrogen functional groups attached to an aromatic ring is 1. The maximum atomic E-state index is 11.7. The molecule has 1 aromatic carbocycles. The largest absolute Gasteiger partial charge is 0.399 e. The van der Waals surface area contributed by atoms with Gasteiger partial charge in [-0.3, -0.25) is 4.79 Å². The summed E-state index contributed by atoms with van der Waals surface area (Å²) in [6.07, 6.45) is 3.32. The van der Waals surface area contributed by atoms with Crippen molar-refractivity contribution in [3.05, 3.63) is 48.1 Å². The summed E-state index contributed by atoms with van der Waals surface area (Å²) >= 11 is 0. The van der Waals surface area contributed by atoms with Crippen molar-refractivity contribution in [3.8, 4) is 0 Å². The molecule has 90 valence electrons. The summed E-state index contributed by atoms with van der Waals surface area (Å²) in [5, 5.41) is 0. The normalized spacial score (nSPS) is 10.5. The van der Waals surface area contributed by atoms with E-state index in [0.29, 0.717) is 12.2 Å². The second-order valence-electron chi connectivity index (χ2n) is 4.15. The number of carbonyl (C=O) groups excluding carboxylic acids is 1. The Morgan fingerprint density at radius 1 is 1.41 bits per heavy atom. The molecule has 0 fully saturated rings. The van der Waals surface area contributed by atoms with Gasteiger partial charge in [0.15, 0.2) is 0 Å². The van der Waals surface area contributed by atoms with E-state index in [-0.39, 0.29) is 5.91 Å². The van der Waals surface area contributed by atoms with Gasteiger partial charge in [0, 0.05) is 25.4 Å².